The van der Waals surface area contributed by atoms with E-state index in [1.807, 2.05) is 19.2 Å². The molecule has 2 rings (SSSR count). The number of rotatable bonds is 3. The van der Waals surface area contributed by atoms with Crippen molar-refractivity contribution < 1.29 is 9.47 Å². The normalized spacial score (nSPS) is 20.8. The van der Waals surface area contributed by atoms with Gasteiger partial charge in [-0.2, -0.15) is 0 Å². The molecule has 0 amide bonds. The summed E-state index contributed by atoms with van der Waals surface area (Å²) >= 11 is 0. The van der Waals surface area contributed by atoms with Crippen LogP contribution in [-0.4, -0.2) is 31.3 Å². The number of pyridine rings is 1. The van der Waals surface area contributed by atoms with Gasteiger partial charge in [0.15, 0.2) is 0 Å². The molecule has 1 unspecified atom stereocenters. The molecule has 1 saturated heterocycles. The molecule has 1 aromatic rings. The molecule has 0 aromatic carbocycles. The molecule has 0 radical (unpaired) electrons. The van der Waals surface area contributed by atoms with Crippen molar-refractivity contribution in [3.63, 3.8) is 0 Å². The minimum Gasteiger partial charge on any atom is -0.486 e. The number of nitrogens with zero attached hydrogens (tertiary/aromatic N) is 1. The van der Waals surface area contributed by atoms with Crippen LogP contribution in [0.3, 0.4) is 0 Å². The first kappa shape index (κ1) is 9.27. The molecular formula is C10H14N2O2. The first-order valence-electron chi connectivity index (χ1n) is 4.76. The molecule has 4 nitrogen and oxygen atoms in total. The van der Waals surface area contributed by atoms with Crippen molar-refractivity contribution in [2.75, 3.05) is 25.6 Å². The molecule has 4 heteroatoms. The summed E-state index contributed by atoms with van der Waals surface area (Å²) in [4.78, 5) is 4.16. The van der Waals surface area contributed by atoms with Gasteiger partial charge < -0.3 is 14.8 Å². The lowest BCUT2D eigenvalue weighted by Gasteiger charge is -2.11. The molecule has 1 atom stereocenters. The van der Waals surface area contributed by atoms with Gasteiger partial charge in [-0.15, -0.1) is 0 Å². The second kappa shape index (κ2) is 4.28. The summed E-state index contributed by atoms with van der Waals surface area (Å²) in [5, 5.41) is 2.96. The molecule has 1 fully saturated rings. The van der Waals surface area contributed by atoms with Gasteiger partial charge in [-0.3, -0.25) is 0 Å². The highest BCUT2D eigenvalue weighted by Gasteiger charge is 2.16. The van der Waals surface area contributed by atoms with Crippen molar-refractivity contribution in [2.24, 2.45) is 0 Å². The summed E-state index contributed by atoms with van der Waals surface area (Å²) in [6.07, 6.45) is 2.88. The van der Waals surface area contributed by atoms with Crippen LogP contribution in [0.2, 0.25) is 0 Å². The lowest BCUT2D eigenvalue weighted by molar-refractivity contribution is 0.141. The molecule has 0 saturated carbocycles. The summed E-state index contributed by atoms with van der Waals surface area (Å²) in [7, 11) is 1.84. The van der Waals surface area contributed by atoms with Crippen molar-refractivity contribution in [2.45, 2.75) is 12.5 Å². The van der Waals surface area contributed by atoms with Gasteiger partial charge in [0.2, 0.25) is 0 Å². The van der Waals surface area contributed by atoms with Crippen LogP contribution in [0.1, 0.15) is 6.42 Å². The monoisotopic (exact) mass is 194 g/mol. The lowest BCUT2D eigenvalue weighted by atomic mass is 10.3. The molecule has 0 bridgehead atoms. The van der Waals surface area contributed by atoms with Crippen molar-refractivity contribution in [3.05, 3.63) is 18.3 Å². The van der Waals surface area contributed by atoms with Gasteiger partial charge in [0.25, 0.3) is 0 Å². The third-order valence-corrected chi connectivity index (χ3v) is 2.18. The zero-order valence-corrected chi connectivity index (χ0v) is 8.19. The molecule has 1 aliphatic heterocycles. The average molecular weight is 194 g/mol. The summed E-state index contributed by atoms with van der Waals surface area (Å²) in [6, 6.07) is 3.81. The van der Waals surface area contributed by atoms with Crippen molar-refractivity contribution in [3.8, 4) is 5.75 Å². The minimum atomic E-state index is 0.192. The maximum absolute atomic E-state index is 5.66. The van der Waals surface area contributed by atoms with E-state index in [-0.39, 0.29) is 6.10 Å². The van der Waals surface area contributed by atoms with E-state index in [9.17, 15) is 0 Å². The standard InChI is InChI=1S/C10H14N2O2/c1-11-10-3-2-8(6-12-10)14-9-4-5-13-7-9/h2-3,6,9H,4-5,7H2,1H3,(H,11,12). The van der Waals surface area contributed by atoms with Crippen LogP contribution in [0.4, 0.5) is 5.82 Å². The fraction of sp³-hybridized carbons (Fsp3) is 0.500. The third kappa shape index (κ3) is 2.14. The van der Waals surface area contributed by atoms with E-state index in [1.54, 1.807) is 6.20 Å². The van der Waals surface area contributed by atoms with Crippen molar-refractivity contribution in [1.82, 2.24) is 4.98 Å². The molecular weight excluding hydrogens is 180 g/mol. The largest absolute Gasteiger partial charge is 0.486 e. The van der Waals surface area contributed by atoms with E-state index >= 15 is 0 Å². The minimum absolute atomic E-state index is 0.192. The number of nitrogens with one attached hydrogen (secondary N) is 1. The van der Waals surface area contributed by atoms with Crippen LogP contribution >= 0.6 is 0 Å². The predicted octanol–water partition coefficient (Wildman–Crippen LogP) is 1.29. The Morgan fingerprint density at radius 1 is 1.57 bits per heavy atom. The van der Waals surface area contributed by atoms with Crippen molar-refractivity contribution >= 4 is 5.82 Å². The number of aromatic nitrogens is 1. The van der Waals surface area contributed by atoms with Crippen LogP contribution in [0.15, 0.2) is 18.3 Å². The summed E-state index contributed by atoms with van der Waals surface area (Å²) in [6.45, 7) is 1.49. The quantitative estimate of drug-likeness (QED) is 0.787. The van der Waals surface area contributed by atoms with Crippen LogP contribution < -0.4 is 10.1 Å². The van der Waals surface area contributed by atoms with E-state index in [1.165, 1.54) is 0 Å². The van der Waals surface area contributed by atoms with E-state index in [2.05, 4.69) is 10.3 Å². The molecule has 14 heavy (non-hydrogen) atoms. The summed E-state index contributed by atoms with van der Waals surface area (Å²) in [5.41, 5.74) is 0. The van der Waals surface area contributed by atoms with Gasteiger partial charge in [-0.05, 0) is 12.1 Å². The number of anilines is 1. The second-order valence-electron chi connectivity index (χ2n) is 3.23. The highest BCUT2D eigenvalue weighted by molar-refractivity contribution is 5.36. The van der Waals surface area contributed by atoms with E-state index < -0.39 is 0 Å². The maximum Gasteiger partial charge on any atom is 0.138 e. The fourth-order valence-electron chi connectivity index (χ4n) is 1.40. The zero-order valence-electron chi connectivity index (χ0n) is 8.19. The van der Waals surface area contributed by atoms with Crippen LogP contribution in [0.5, 0.6) is 5.75 Å². The van der Waals surface area contributed by atoms with Gasteiger partial charge in [-0.1, -0.05) is 0 Å². The molecule has 76 valence electrons. The summed E-state index contributed by atoms with van der Waals surface area (Å²) < 4.78 is 10.9. The van der Waals surface area contributed by atoms with Crippen molar-refractivity contribution in [1.29, 1.82) is 0 Å². The first-order valence-corrected chi connectivity index (χ1v) is 4.76. The van der Waals surface area contributed by atoms with E-state index in [0.717, 1.165) is 24.6 Å². The Bertz CT molecular complexity index is 281. The molecule has 1 aromatic heterocycles. The molecule has 0 aliphatic carbocycles. The Labute approximate surface area is 83.2 Å². The van der Waals surface area contributed by atoms with Crippen LogP contribution in [0, 0.1) is 0 Å². The Hall–Kier alpha value is -1.29. The fourth-order valence-corrected chi connectivity index (χ4v) is 1.40. The Morgan fingerprint density at radius 3 is 3.07 bits per heavy atom. The Kier molecular flexibility index (Phi) is 2.84. The molecule has 1 N–H and O–H groups in total. The van der Waals surface area contributed by atoms with Gasteiger partial charge in [-0.25, -0.2) is 4.98 Å². The molecule has 2 heterocycles. The lowest BCUT2D eigenvalue weighted by Crippen LogP contribution is -2.15. The SMILES string of the molecule is CNc1ccc(OC2CCOC2)cn1. The van der Waals surface area contributed by atoms with Crippen LogP contribution in [-0.2, 0) is 4.74 Å². The Morgan fingerprint density at radius 2 is 2.50 bits per heavy atom. The highest BCUT2D eigenvalue weighted by atomic mass is 16.5. The smallest absolute Gasteiger partial charge is 0.138 e. The third-order valence-electron chi connectivity index (χ3n) is 2.18. The topological polar surface area (TPSA) is 43.4 Å². The van der Waals surface area contributed by atoms with Gasteiger partial charge >= 0.3 is 0 Å². The number of hydrogen-bond donors (Lipinski definition) is 1. The number of ether oxygens (including phenoxy) is 2. The molecule has 0 spiro atoms. The molecule has 1 aliphatic rings. The maximum atomic E-state index is 5.66. The second-order valence-corrected chi connectivity index (χ2v) is 3.23. The summed E-state index contributed by atoms with van der Waals surface area (Å²) in [5.74, 6) is 1.65. The first-order chi connectivity index (χ1) is 6.88. The average Bonchev–Trinajstić information content (AvgIpc) is 2.72. The van der Waals surface area contributed by atoms with Gasteiger partial charge in [0, 0.05) is 13.5 Å². The zero-order chi connectivity index (χ0) is 9.80. The van der Waals surface area contributed by atoms with Crippen LogP contribution in [0.25, 0.3) is 0 Å². The van der Waals surface area contributed by atoms with E-state index in [0.29, 0.717) is 6.61 Å². The highest BCUT2D eigenvalue weighted by Crippen LogP contribution is 2.16. The number of hydrogen-bond acceptors (Lipinski definition) is 4. The Balaban J connectivity index is 1.95. The van der Waals surface area contributed by atoms with Gasteiger partial charge in [0.1, 0.15) is 17.7 Å². The van der Waals surface area contributed by atoms with E-state index in [4.69, 9.17) is 9.47 Å². The van der Waals surface area contributed by atoms with Gasteiger partial charge in [0.05, 0.1) is 19.4 Å². The predicted molar refractivity (Wildman–Crippen MR) is 53.6 cm³/mol.